The molecule has 0 amide bonds. The van der Waals surface area contributed by atoms with Crippen molar-refractivity contribution in [3.8, 4) is 0 Å². The van der Waals surface area contributed by atoms with Crippen LogP contribution in [0.4, 0.5) is 13.2 Å². The lowest BCUT2D eigenvalue weighted by Gasteiger charge is -2.37. The Kier molecular flexibility index (Phi) is 4.39. The molecule has 2 aliphatic rings. The summed E-state index contributed by atoms with van der Waals surface area (Å²) < 4.78 is 37.8. The molecule has 0 aromatic rings. The van der Waals surface area contributed by atoms with Gasteiger partial charge < -0.3 is 0 Å². The molecule has 0 bridgehead atoms. The van der Waals surface area contributed by atoms with E-state index in [9.17, 15) is 13.2 Å². The van der Waals surface area contributed by atoms with Crippen LogP contribution in [0.1, 0.15) is 51.4 Å². The standard InChI is InChI=1S/C15H23F3/c1-2-11-3-5-12(6-4-11)13-7-9-14(10-8-13)15(16,17)18/h2,11-14H,1,3-10H2. The Morgan fingerprint density at radius 1 is 0.778 bits per heavy atom. The van der Waals surface area contributed by atoms with Crippen LogP contribution in [0.25, 0.3) is 0 Å². The van der Waals surface area contributed by atoms with Crippen molar-refractivity contribution in [3.63, 3.8) is 0 Å². The first-order chi connectivity index (χ1) is 8.50. The van der Waals surface area contributed by atoms with E-state index < -0.39 is 12.1 Å². The van der Waals surface area contributed by atoms with Crippen molar-refractivity contribution >= 4 is 0 Å². The lowest BCUT2D eigenvalue weighted by molar-refractivity contribution is -0.185. The average molecular weight is 260 g/mol. The van der Waals surface area contributed by atoms with E-state index in [-0.39, 0.29) is 0 Å². The molecule has 3 heteroatoms. The van der Waals surface area contributed by atoms with Crippen molar-refractivity contribution in [2.75, 3.05) is 0 Å². The molecule has 0 nitrogen and oxygen atoms in total. The normalized spacial score (nSPS) is 38.4. The van der Waals surface area contributed by atoms with Crippen molar-refractivity contribution in [2.24, 2.45) is 23.7 Å². The molecule has 0 radical (unpaired) electrons. The fourth-order valence-electron chi connectivity index (χ4n) is 3.77. The van der Waals surface area contributed by atoms with Gasteiger partial charge in [0.25, 0.3) is 0 Å². The maximum atomic E-state index is 12.6. The molecule has 0 unspecified atom stereocenters. The minimum atomic E-state index is -3.97. The summed E-state index contributed by atoms with van der Waals surface area (Å²) in [6.07, 6.45) is 5.12. The molecule has 2 aliphatic carbocycles. The Morgan fingerprint density at radius 2 is 1.22 bits per heavy atom. The van der Waals surface area contributed by atoms with Gasteiger partial charge in [-0.2, -0.15) is 13.2 Å². The second-order valence-corrected chi connectivity index (χ2v) is 6.06. The minimum Gasteiger partial charge on any atom is -0.171 e. The van der Waals surface area contributed by atoms with Crippen molar-refractivity contribution in [2.45, 2.75) is 57.5 Å². The van der Waals surface area contributed by atoms with Crippen LogP contribution in [0.15, 0.2) is 12.7 Å². The molecule has 0 aliphatic heterocycles. The molecule has 2 rings (SSSR count). The summed E-state index contributed by atoms with van der Waals surface area (Å²) in [5.74, 6) is 0.843. The van der Waals surface area contributed by atoms with Crippen LogP contribution in [-0.2, 0) is 0 Å². The fraction of sp³-hybridized carbons (Fsp3) is 0.867. The van der Waals surface area contributed by atoms with Crippen molar-refractivity contribution < 1.29 is 13.2 Å². The van der Waals surface area contributed by atoms with Crippen LogP contribution in [0, 0.1) is 23.7 Å². The van der Waals surface area contributed by atoms with Crippen LogP contribution in [0.3, 0.4) is 0 Å². The highest BCUT2D eigenvalue weighted by atomic mass is 19.4. The molecule has 0 saturated heterocycles. The van der Waals surface area contributed by atoms with E-state index in [1.54, 1.807) is 0 Å². The van der Waals surface area contributed by atoms with E-state index in [0.717, 1.165) is 12.8 Å². The van der Waals surface area contributed by atoms with E-state index in [2.05, 4.69) is 6.58 Å². The maximum absolute atomic E-state index is 12.6. The zero-order valence-electron chi connectivity index (χ0n) is 10.9. The number of hydrogen-bond donors (Lipinski definition) is 0. The van der Waals surface area contributed by atoms with Gasteiger partial charge in [0.2, 0.25) is 0 Å². The van der Waals surface area contributed by atoms with E-state index in [1.165, 1.54) is 25.7 Å². The third-order valence-electron chi connectivity index (χ3n) is 5.05. The quantitative estimate of drug-likeness (QED) is 0.587. The molecular formula is C15H23F3. The van der Waals surface area contributed by atoms with Crippen LogP contribution in [-0.4, -0.2) is 6.18 Å². The highest BCUT2D eigenvalue weighted by molar-refractivity contribution is 4.88. The zero-order valence-corrected chi connectivity index (χ0v) is 10.9. The summed E-state index contributed by atoms with van der Waals surface area (Å²) in [5.41, 5.74) is 0. The highest BCUT2D eigenvalue weighted by Gasteiger charge is 2.42. The highest BCUT2D eigenvalue weighted by Crippen LogP contribution is 2.45. The second kappa shape index (κ2) is 5.66. The van der Waals surface area contributed by atoms with E-state index in [4.69, 9.17) is 0 Å². The van der Waals surface area contributed by atoms with Gasteiger partial charge in [-0.25, -0.2) is 0 Å². The van der Waals surface area contributed by atoms with Crippen molar-refractivity contribution in [1.29, 1.82) is 0 Å². The van der Waals surface area contributed by atoms with Gasteiger partial charge in [-0.15, -0.1) is 6.58 Å². The zero-order chi connectivity index (χ0) is 13.2. The summed E-state index contributed by atoms with van der Waals surface area (Å²) in [5, 5.41) is 0. The SMILES string of the molecule is C=CC1CCC(C2CCC(C(F)(F)F)CC2)CC1. The predicted octanol–water partition coefficient (Wildman–Crippen LogP) is 5.35. The van der Waals surface area contributed by atoms with Crippen LogP contribution in [0.2, 0.25) is 0 Å². The molecule has 0 heterocycles. The first-order valence-corrected chi connectivity index (χ1v) is 7.20. The lowest BCUT2D eigenvalue weighted by atomic mass is 9.69. The molecule has 2 saturated carbocycles. The third-order valence-corrected chi connectivity index (χ3v) is 5.05. The van der Waals surface area contributed by atoms with Crippen LogP contribution >= 0.6 is 0 Å². The van der Waals surface area contributed by atoms with Gasteiger partial charge in [0.15, 0.2) is 0 Å². The molecule has 0 aromatic carbocycles. The number of allylic oxidation sites excluding steroid dienone is 1. The monoisotopic (exact) mass is 260 g/mol. The van der Waals surface area contributed by atoms with Crippen LogP contribution in [0.5, 0.6) is 0 Å². The van der Waals surface area contributed by atoms with Crippen LogP contribution < -0.4 is 0 Å². The number of rotatable bonds is 2. The molecule has 2 fully saturated rings. The Morgan fingerprint density at radius 3 is 1.61 bits per heavy atom. The third kappa shape index (κ3) is 3.30. The first-order valence-electron chi connectivity index (χ1n) is 7.20. The van der Waals surface area contributed by atoms with Gasteiger partial charge in [0, 0.05) is 0 Å². The van der Waals surface area contributed by atoms with Crippen molar-refractivity contribution in [1.82, 2.24) is 0 Å². The average Bonchev–Trinajstić information content (AvgIpc) is 2.38. The second-order valence-electron chi connectivity index (χ2n) is 6.06. The summed E-state index contributed by atoms with van der Waals surface area (Å²) in [7, 11) is 0. The largest absolute Gasteiger partial charge is 0.391 e. The minimum absolute atomic E-state index is 0.357. The summed E-state index contributed by atoms with van der Waals surface area (Å²) in [6, 6.07) is 0. The molecule has 0 atom stereocenters. The smallest absolute Gasteiger partial charge is 0.171 e. The molecule has 104 valence electrons. The van der Waals surface area contributed by atoms with Gasteiger partial charge in [-0.1, -0.05) is 6.08 Å². The number of hydrogen-bond acceptors (Lipinski definition) is 0. The van der Waals surface area contributed by atoms with Gasteiger partial charge in [-0.05, 0) is 69.1 Å². The topological polar surface area (TPSA) is 0 Å². The Labute approximate surface area is 108 Å². The summed E-state index contributed by atoms with van der Waals surface area (Å²) in [6.45, 7) is 3.83. The van der Waals surface area contributed by atoms with Gasteiger partial charge in [0.05, 0.1) is 5.92 Å². The molecule has 0 aromatic heterocycles. The van der Waals surface area contributed by atoms with E-state index in [1.807, 2.05) is 6.08 Å². The number of alkyl halides is 3. The van der Waals surface area contributed by atoms with Crippen molar-refractivity contribution in [3.05, 3.63) is 12.7 Å². The fourth-order valence-corrected chi connectivity index (χ4v) is 3.77. The Hall–Kier alpha value is -0.470. The van der Waals surface area contributed by atoms with Gasteiger partial charge in [0.1, 0.15) is 0 Å². The Bertz CT molecular complexity index is 266. The molecule has 18 heavy (non-hydrogen) atoms. The predicted molar refractivity (Wildman–Crippen MR) is 67.1 cm³/mol. The van der Waals surface area contributed by atoms with E-state index >= 15 is 0 Å². The molecule has 0 spiro atoms. The molecule has 0 N–H and O–H groups in total. The first kappa shape index (κ1) is 14.0. The van der Waals surface area contributed by atoms with Gasteiger partial charge in [-0.3, -0.25) is 0 Å². The Balaban J connectivity index is 1.78. The molecular weight excluding hydrogens is 237 g/mol. The summed E-state index contributed by atoms with van der Waals surface area (Å²) in [4.78, 5) is 0. The number of halogens is 3. The lowest BCUT2D eigenvalue weighted by Crippen LogP contribution is -2.31. The maximum Gasteiger partial charge on any atom is 0.391 e. The summed E-state index contributed by atoms with van der Waals surface area (Å²) >= 11 is 0. The van der Waals surface area contributed by atoms with Gasteiger partial charge >= 0.3 is 6.18 Å². The van der Waals surface area contributed by atoms with E-state index in [0.29, 0.717) is 30.6 Å².